The zero-order valence-electron chi connectivity index (χ0n) is 13.8. The minimum absolute atomic E-state index is 0.696. The van der Waals surface area contributed by atoms with Gasteiger partial charge in [0.05, 0.1) is 16.9 Å². The first-order valence-corrected chi connectivity index (χ1v) is 8.94. The van der Waals surface area contributed by atoms with Gasteiger partial charge >= 0.3 is 0 Å². The molecule has 0 unspecified atom stereocenters. The van der Waals surface area contributed by atoms with Crippen molar-refractivity contribution in [3.8, 4) is 0 Å². The lowest BCUT2D eigenvalue weighted by atomic mass is 10.2. The highest BCUT2D eigenvalue weighted by molar-refractivity contribution is 7.99. The number of rotatable bonds is 5. The Morgan fingerprint density at radius 2 is 1.85 bits per heavy atom. The Morgan fingerprint density at radius 3 is 2.69 bits per heavy atom. The molecular formula is C21H15N3OS. The fraction of sp³-hybridized carbons (Fsp3) is 0. The molecule has 0 saturated heterocycles. The van der Waals surface area contributed by atoms with Crippen LogP contribution in [0.1, 0.15) is 21.7 Å². The van der Waals surface area contributed by atoms with Crippen LogP contribution in [0, 0.1) is 0 Å². The van der Waals surface area contributed by atoms with Crippen LogP contribution in [-0.2, 0) is 0 Å². The maximum atomic E-state index is 11.2. The van der Waals surface area contributed by atoms with Gasteiger partial charge in [-0.15, -0.1) is 0 Å². The van der Waals surface area contributed by atoms with E-state index in [1.807, 2.05) is 72.8 Å². The van der Waals surface area contributed by atoms with Crippen LogP contribution in [-0.4, -0.2) is 21.5 Å². The number of aromatic nitrogens is 3. The quantitative estimate of drug-likeness (QED) is 0.505. The number of pyridine rings is 1. The molecule has 0 atom stereocenters. The van der Waals surface area contributed by atoms with Crippen molar-refractivity contribution < 1.29 is 4.79 Å². The molecule has 4 nitrogen and oxygen atoms in total. The van der Waals surface area contributed by atoms with Crippen molar-refractivity contribution in [1.29, 1.82) is 0 Å². The summed E-state index contributed by atoms with van der Waals surface area (Å²) in [6.07, 6.45) is 6.55. The average Bonchev–Trinajstić information content (AvgIpc) is 3.10. The monoisotopic (exact) mass is 357 g/mol. The lowest BCUT2D eigenvalue weighted by molar-refractivity contribution is 0.112. The standard InChI is InChI=1S/C21H15N3OS/c25-14-15-5-1-2-7-21(15)26-17-9-10-18-19(23-24-20(18)13-17)11-8-16-6-3-4-12-22-16/h1-14H,(H,23,24)/b11-8+. The number of carbonyl (C=O) groups is 1. The van der Waals surface area contributed by atoms with E-state index in [1.165, 1.54) is 0 Å². The van der Waals surface area contributed by atoms with E-state index in [0.717, 1.165) is 38.4 Å². The first-order valence-electron chi connectivity index (χ1n) is 8.13. The van der Waals surface area contributed by atoms with Crippen LogP contribution < -0.4 is 0 Å². The third-order valence-corrected chi connectivity index (χ3v) is 5.02. The molecule has 2 aromatic carbocycles. The van der Waals surface area contributed by atoms with E-state index in [4.69, 9.17) is 0 Å². The Balaban J connectivity index is 1.61. The summed E-state index contributed by atoms with van der Waals surface area (Å²) in [7, 11) is 0. The van der Waals surface area contributed by atoms with Gasteiger partial charge in [-0.3, -0.25) is 14.9 Å². The number of nitrogens with one attached hydrogen (secondary N) is 1. The van der Waals surface area contributed by atoms with Crippen LogP contribution in [0.3, 0.4) is 0 Å². The third kappa shape index (κ3) is 3.43. The van der Waals surface area contributed by atoms with Crippen molar-refractivity contribution in [2.75, 3.05) is 0 Å². The van der Waals surface area contributed by atoms with Crippen LogP contribution in [0.2, 0.25) is 0 Å². The molecule has 126 valence electrons. The van der Waals surface area contributed by atoms with Gasteiger partial charge in [-0.1, -0.05) is 36.0 Å². The summed E-state index contributed by atoms with van der Waals surface area (Å²) in [5.41, 5.74) is 3.41. The van der Waals surface area contributed by atoms with Gasteiger partial charge in [0.25, 0.3) is 0 Å². The summed E-state index contributed by atoms with van der Waals surface area (Å²) in [6, 6.07) is 19.5. The van der Waals surface area contributed by atoms with E-state index in [0.29, 0.717) is 5.56 Å². The molecule has 0 spiro atoms. The molecule has 0 amide bonds. The first kappa shape index (κ1) is 16.3. The molecule has 4 rings (SSSR count). The van der Waals surface area contributed by atoms with Gasteiger partial charge in [0.2, 0.25) is 0 Å². The number of fused-ring (bicyclic) bond motifs is 1. The lowest BCUT2D eigenvalue weighted by Gasteiger charge is -2.04. The Labute approximate surface area is 155 Å². The Bertz CT molecular complexity index is 1090. The fourth-order valence-corrected chi connectivity index (χ4v) is 3.59. The van der Waals surface area contributed by atoms with Crippen molar-refractivity contribution >= 4 is 41.1 Å². The molecule has 1 N–H and O–H groups in total. The third-order valence-electron chi connectivity index (χ3n) is 3.94. The average molecular weight is 357 g/mol. The molecule has 4 aromatic rings. The molecule has 0 aliphatic carbocycles. The molecule has 0 saturated carbocycles. The number of H-pyrrole nitrogens is 1. The highest BCUT2D eigenvalue weighted by Crippen LogP contribution is 2.32. The molecule has 26 heavy (non-hydrogen) atoms. The van der Waals surface area contributed by atoms with E-state index in [1.54, 1.807) is 18.0 Å². The highest BCUT2D eigenvalue weighted by Gasteiger charge is 2.07. The Hall–Kier alpha value is -3.18. The predicted molar refractivity (Wildman–Crippen MR) is 105 cm³/mol. The minimum Gasteiger partial charge on any atom is -0.298 e. The number of aldehydes is 1. The number of carbonyl (C=O) groups excluding carboxylic acids is 1. The Kier molecular flexibility index (Phi) is 4.62. The minimum atomic E-state index is 0.696. The largest absolute Gasteiger partial charge is 0.298 e. The molecular weight excluding hydrogens is 342 g/mol. The summed E-state index contributed by atoms with van der Waals surface area (Å²) >= 11 is 1.57. The number of nitrogens with zero attached hydrogens (tertiary/aromatic N) is 2. The second-order valence-corrected chi connectivity index (χ2v) is 6.78. The van der Waals surface area contributed by atoms with Crippen molar-refractivity contribution in [3.63, 3.8) is 0 Å². The van der Waals surface area contributed by atoms with E-state index in [2.05, 4.69) is 15.2 Å². The van der Waals surface area contributed by atoms with Crippen LogP contribution in [0.15, 0.2) is 76.7 Å². The van der Waals surface area contributed by atoms with E-state index in [9.17, 15) is 4.79 Å². The van der Waals surface area contributed by atoms with Crippen molar-refractivity contribution in [2.24, 2.45) is 0 Å². The van der Waals surface area contributed by atoms with Gasteiger partial charge in [0.15, 0.2) is 6.29 Å². The highest BCUT2D eigenvalue weighted by atomic mass is 32.2. The fourth-order valence-electron chi connectivity index (χ4n) is 2.65. The summed E-state index contributed by atoms with van der Waals surface area (Å²) in [6.45, 7) is 0. The summed E-state index contributed by atoms with van der Waals surface area (Å²) in [5.74, 6) is 0. The summed E-state index contributed by atoms with van der Waals surface area (Å²) < 4.78 is 0. The maximum Gasteiger partial charge on any atom is 0.151 e. The summed E-state index contributed by atoms with van der Waals surface area (Å²) in [5, 5.41) is 8.51. The number of hydrogen-bond acceptors (Lipinski definition) is 4. The second-order valence-electron chi connectivity index (χ2n) is 5.66. The van der Waals surface area contributed by atoms with Gasteiger partial charge in [-0.25, -0.2) is 0 Å². The van der Waals surface area contributed by atoms with Crippen LogP contribution >= 0.6 is 11.8 Å². The molecule has 0 radical (unpaired) electrons. The summed E-state index contributed by atoms with van der Waals surface area (Å²) in [4.78, 5) is 17.5. The van der Waals surface area contributed by atoms with E-state index < -0.39 is 0 Å². The second kappa shape index (κ2) is 7.37. The number of benzene rings is 2. The maximum absolute atomic E-state index is 11.2. The molecule has 0 fully saturated rings. The zero-order valence-corrected chi connectivity index (χ0v) is 14.6. The molecule has 0 bridgehead atoms. The van der Waals surface area contributed by atoms with Crippen LogP contribution in [0.4, 0.5) is 0 Å². The lowest BCUT2D eigenvalue weighted by Crippen LogP contribution is -1.84. The number of aromatic amines is 1. The van der Waals surface area contributed by atoms with E-state index in [-0.39, 0.29) is 0 Å². The predicted octanol–water partition coefficient (Wildman–Crippen LogP) is 5.09. The first-order chi connectivity index (χ1) is 12.8. The van der Waals surface area contributed by atoms with Crippen LogP contribution in [0.25, 0.3) is 23.1 Å². The topological polar surface area (TPSA) is 58.6 Å². The number of hydrogen-bond donors (Lipinski definition) is 1. The van der Waals surface area contributed by atoms with Crippen molar-refractivity contribution in [2.45, 2.75) is 9.79 Å². The van der Waals surface area contributed by atoms with E-state index >= 15 is 0 Å². The SMILES string of the molecule is O=Cc1ccccc1Sc1ccc2c(/C=C/c3ccccn3)n[nH]c2c1. The Morgan fingerprint density at radius 1 is 0.962 bits per heavy atom. The van der Waals surface area contributed by atoms with Gasteiger partial charge in [0.1, 0.15) is 0 Å². The molecule has 5 heteroatoms. The van der Waals surface area contributed by atoms with Gasteiger partial charge < -0.3 is 0 Å². The molecule has 0 aliphatic heterocycles. The van der Waals surface area contributed by atoms with Crippen molar-refractivity contribution in [3.05, 3.63) is 83.8 Å². The molecule has 2 heterocycles. The zero-order chi connectivity index (χ0) is 17.8. The smallest absolute Gasteiger partial charge is 0.151 e. The molecule has 2 aromatic heterocycles. The van der Waals surface area contributed by atoms with Gasteiger partial charge in [0, 0.05) is 26.9 Å². The van der Waals surface area contributed by atoms with Crippen LogP contribution in [0.5, 0.6) is 0 Å². The normalized spacial score (nSPS) is 11.2. The molecule has 0 aliphatic rings. The van der Waals surface area contributed by atoms with Gasteiger partial charge in [-0.2, -0.15) is 5.10 Å². The van der Waals surface area contributed by atoms with Gasteiger partial charge in [-0.05, 0) is 48.6 Å². The van der Waals surface area contributed by atoms with Crippen molar-refractivity contribution in [1.82, 2.24) is 15.2 Å².